The Hall–Kier alpha value is -0.129. The molecule has 0 amide bonds. The number of rotatable bonds is 3. The van der Waals surface area contributed by atoms with Gasteiger partial charge < -0.3 is 0 Å². The lowest BCUT2D eigenvalue weighted by Gasteiger charge is -2.23. The smallest absolute Gasteiger partial charge is 0.0654 e. The van der Waals surface area contributed by atoms with Crippen molar-refractivity contribution in [2.24, 2.45) is 0 Å². The normalized spacial score (nSPS) is 12.1. The Bertz CT molecular complexity index is 254. The lowest BCUT2D eigenvalue weighted by Crippen LogP contribution is -2.52. The van der Waals surface area contributed by atoms with E-state index in [4.69, 9.17) is 0 Å². The quantitative estimate of drug-likeness (QED) is 0.686. The third-order valence-corrected chi connectivity index (χ3v) is 19.3. The standard InChI is InChI=1S/C10H17Si3/c1-12(2)11-13(3,4)10-8-6-5-7-9-10/h5-9H,1-4H3. The molecule has 0 N–H and O–H groups in total. The van der Waals surface area contributed by atoms with Gasteiger partial charge in [-0.25, -0.2) is 0 Å². The minimum absolute atomic E-state index is 0.0492. The molecule has 0 spiro atoms. The van der Waals surface area contributed by atoms with E-state index in [1.54, 1.807) is 5.19 Å². The lowest BCUT2D eigenvalue weighted by atomic mass is 10.4. The topological polar surface area (TPSA) is 0 Å². The van der Waals surface area contributed by atoms with Gasteiger partial charge in [-0.15, -0.1) is 0 Å². The Balaban J connectivity index is 2.81. The Labute approximate surface area is 86.4 Å². The monoisotopic (exact) mass is 221 g/mol. The zero-order valence-corrected chi connectivity index (χ0v) is 11.9. The maximum absolute atomic E-state index is 2.50. The molecule has 0 aliphatic carbocycles. The van der Waals surface area contributed by atoms with Gasteiger partial charge in [0.25, 0.3) is 0 Å². The van der Waals surface area contributed by atoms with Gasteiger partial charge in [-0.1, -0.05) is 61.7 Å². The first kappa shape index (κ1) is 10.9. The fourth-order valence-corrected chi connectivity index (χ4v) is 21.2. The van der Waals surface area contributed by atoms with Crippen molar-refractivity contribution in [2.45, 2.75) is 26.2 Å². The van der Waals surface area contributed by atoms with Gasteiger partial charge in [0.2, 0.25) is 0 Å². The summed E-state index contributed by atoms with van der Waals surface area (Å²) in [6, 6.07) is 11.1. The van der Waals surface area contributed by atoms with Crippen LogP contribution < -0.4 is 5.19 Å². The molecule has 0 aliphatic rings. The largest absolute Gasteiger partial charge is 0.0739 e. The van der Waals surface area contributed by atoms with Gasteiger partial charge in [0.05, 0.1) is 7.59 Å². The van der Waals surface area contributed by atoms with Crippen LogP contribution in [0.5, 0.6) is 0 Å². The number of hydrogen-bond donors (Lipinski definition) is 0. The van der Waals surface area contributed by atoms with Crippen molar-refractivity contribution in [3.63, 3.8) is 0 Å². The van der Waals surface area contributed by atoms with Gasteiger partial charge >= 0.3 is 0 Å². The van der Waals surface area contributed by atoms with Gasteiger partial charge in [0.15, 0.2) is 0 Å². The molecule has 1 aromatic carbocycles. The van der Waals surface area contributed by atoms with Crippen LogP contribution in [-0.4, -0.2) is 24.5 Å². The van der Waals surface area contributed by atoms with E-state index in [2.05, 4.69) is 56.5 Å². The molecule has 0 unspecified atom stereocenters. The highest BCUT2D eigenvalue weighted by molar-refractivity contribution is 7.50. The van der Waals surface area contributed by atoms with Crippen LogP contribution in [0.15, 0.2) is 30.3 Å². The van der Waals surface area contributed by atoms with Crippen molar-refractivity contribution >= 4 is 29.6 Å². The highest BCUT2D eigenvalue weighted by atomic mass is 29.6. The molecule has 0 atom stereocenters. The summed E-state index contributed by atoms with van der Waals surface area (Å²) in [5.74, 6) is 0. The van der Waals surface area contributed by atoms with Crippen LogP contribution >= 0.6 is 0 Å². The fourth-order valence-electron chi connectivity index (χ4n) is 1.55. The van der Waals surface area contributed by atoms with Crippen LogP contribution in [0.2, 0.25) is 26.2 Å². The molecule has 0 aliphatic heterocycles. The molecule has 0 nitrogen and oxygen atoms in total. The Morgan fingerprint density at radius 1 is 1.08 bits per heavy atom. The van der Waals surface area contributed by atoms with Gasteiger partial charge in [0, 0.05) is 16.9 Å². The van der Waals surface area contributed by atoms with Crippen molar-refractivity contribution < 1.29 is 0 Å². The summed E-state index contributed by atoms with van der Waals surface area (Å²) in [6.45, 7) is 9.86. The summed E-state index contributed by atoms with van der Waals surface area (Å²) in [5, 5.41) is 1.62. The minimum atomic E-state index is -1.07. The average Bonchev–Trinajstić information content (AvgIpc) is 2.04. The van der Waals surface area contributed by atoms with Gasteiger partial charge in [-0.3, -0.25) is 0 Å². The number of hydrogen-bond acceptors (Lipinski definition) is 0. The maximum Gasteiger partial charge on any atom is 0.0654 e. The Morgan fingerprint density at radius 3 is 2.08 bits per heavy atom. The van der Waals surface area contributed by atoms with E-state index >= 15 is 0 Å². The van der Waals surface area contributed by atoms with Crippen LogP contribution in [0.3, 0.4) is 0 Å². The molecule has 69 valence electrons. The van der Waals surface area contributed by atoms with Gasteiger partial charge in [0.1, 0.15) is 0 Å². The molecule has 1 rings (SSSR count). The summed E-state index contributed by atoms with van der Waals surface area (Å²) in [4.78, 5) is 0. The van der Waals surface area contributed by atoms with Crippen molar-refractivity contribution in [1.29, 1.82) is 0 Å². The maximum atomic E-state index is 2.50. The second kappa shape index (κ2) is 4.39. The molecule has 0 heterocycles. The summed E-state index contributed by atoms with van der Waals surface area (Å²) in [7, 11) is 0.115. The van der Waals surface area contributed by atoms with Crippen molar-refractivity contribution in [1.82, 2.24) is 0 Å². The Morgan fingerprint density at radius 2 is 1.62 bits per heavy atom. The highest BCUT2D eigenvalue weighted by Gasteiger charge is 2.24. The predicted molar refractivity (Wildman–Crippen MR) is 66.8 cm³/mol. The molecular weight excluding hydrogens is 204 g/mol. The second-order valence-electron chi connectivity index (χ2n) is 4.12. The summed E-state index contributed by atoms with van der Waals surface area (Å²) >= 11 is 0. The van der Waals surface area contributed by atoms with Gasteiger partial charge in [-0.2, -0.15) is 0 Å². The van der Waals surface area contributed by atoms with E-state index in [1.807, 2.05) is 0 Å². The highest BCUT2D eigenvalue weighted by Crippen LogP contribution is 2.02. The summed E-state index contributed by atoms with van der Waals surface area (Å²) in [6.07, 6.45) is 0. The average molecular weight is 222 g/mol. The zero-order chi connectivity index (χ0) is 9.90. The zero-order valence-electron chi connectivity index (χ0n) is 8.89. The van der Waals surface area contributed by atoms with Crippen LogP contribution in [0.4, 0.5) is 0 Å². The van der Waals surface area contributed by atoms with E-state index in [-0.39, 0.29) is 8.31 Å². The molecule has 3 radical (unpaired) electrons. The first-order valence-electron chi connectivity index (χ1n) is 4.66. The molecule has 1 aromatic rings. The van der Waals surface area contributed by atoms with Crippen LogP contribution in [-0.2, 0) is 0 Å². The van der Waals surface area contributed by atoms with Gasteiger partial charge in [-0.05, 0) is 0 Å². The van der Waals surface area contributed by atoms with E-state index in [1.165, 1.54) is 8.55 Å². The van der Waals surface area contributed by atoms with E-state index < -0.39 is 7.59 Å². The third-order valence-electron chi connectivity index (χ3n) is 2.06. The molecule has 0 aromatic heterocycles. The molecule has 13 heavy (non-hydrogen) atoms. The summed E-state index contributed by atoms with van der Waals surface area (Å²) in [5.41, 5.74) is 0. The van der Waals surface area contributed by atoms with Crippen LogP contribution in [0, 0.1) is 0 Å². The lowest BCUT2D eigenvalue weighted by molar-refractivity contribution is 1.73. The SMILES string of the molecule is C[Si](C)[Si][Si](C)(C)c1ccccc1. The van der Waals surface area contributed by atoms with E-state index in [9.17, 15) is 0 Å². The molecule has 0 saturated heterocycles. The summed E-state index contributed by atoms with van der Waals surface area (Å²) < 4.78 is 0. The third kappa shape index (κ3) is 3.25. The van der Waals surface area contributed by atoms with Crippen molar-refractivity contribution in [3.05, 3.63) is 30.3 Å². The predicted octanol–water partition coefficient (Wildman–Crippen LogP) is 2.05. The minimum Gasteiger partial charge on any atom is -0.0739 e. The van der Waals surface area contributed by atoms with Crippen LogP contribution in [0.1, 0.15) is 0 Å². The molecule has 3 heteroatoms. The second-order valence-corrected chi connectivity index (χ2v) is 19.9. The first-order chi connectivity index (χ1) is 6.02. The van der Waals surface area contributed by atoms with Crippen molar-refractivity contribution in [2.75, 3.05) is 0 Å². The van der Waals surface area contributed by atoms with Crippen LogP contribution in [0.25, 0.3) is 0 Å². The van der Waals surface area contributed by atoms with Crippen molar-refractivity contribution in [3.8, 4) is 0 Å². The molecule has 0 bridgehead atoms. The molecule has 0 fully saturated rings. The fraction of sp³-hybridized carbons (Fsp3) is 0.400. The number of benzene rings is 1. The molecule has 0 saturated carbocycles. The first-order valence-corrected chi connectivity index (χ1v) is 13.2. The van der Waals surface area contributed by atoms with E-state index in [0.717, 1.165) is 0 Å². The molecular formula is C10H17Si3. The van der Waals surface area contributed by atoms with E-state index in [0.29, 0.717) is 0 Å². The Kier molecular flexibility index (Phi) is 3.70.